The molecular weight excluding hydrogens is 438 g/mol. The largest absolute Gasteiger partial charge is 0.490 e. The summed E-state index contributed by atoms with van der Waals surface area (Å²) in [5.74, 6) is -0.407. The molecule has 7 heteroatoms. The zero-order valence-corrected chi connectivity index (χ0v) is 17.9. The van der Waals surface area contributed by atoms with Gasteiger partial charge < -0.3 is 19.9 Å². The molecule has 2 aromatic rings. The number of hydrogen-bond acceptors (Lipinski definition) is 4. The van der Waals surface area contributed by atoms with Crippen LogP contribution < -0.4 is 14.8 Å². The van der Waals surface area contributed by atoms with E-state index in [9.17, 15) is 14.7 Å². The molecule has 0 unspecified atom stereocenters. The van der Waals surface area contributed by atoms with E-state index < -0.39 is 17.9 Å². The molecule has 0 fully saturated rings. The Morgan fingerprint density at radius 1 is 1.14 bits per heavy atom. The van der Waals surface area contributed by atoms with Crippen molar-refractivity contribution >= 4 is 33.9 Å². The SMILES string of the molecule is CCOc1cc(/C=C/C(=O)N[C@H](Cc2ccccc2)C(=O)O)cc(Br)c1OCC. The maximum atomic E-state index is 12.3. The second kappa shape index (κ2) is 11.3. The summed E-state index contributed by atoms with van der Waals surface area (Å²) < 4.78 is 11.9. The minimum atomic E-state index is -1.09. The van der Waals surface area contributed by atoms with Crippen molar-refractivity contribution in [3.63, 3.8) is 0 Å². The smallest absolute Gasteiger partial charge is 0.326 e. The van der Waals surface area contributed by atoms with Gasteiger partial charge in [-0.15, -0.1) is 0 Å². The minimum absolute atomic E-state index is 0.207. The molecule has 1 amide bonds. The van der Waals surface area contributed by atoms with Crippen LogP contribution in [0.5, 0.6) is 11.5 Å². The molecule has 2 N–H and O–H groups in total. The van der Waals surface area contributed by atoms with Gasteiger partial charge in [0.25, 0.3) is 0 Å². The van der Waals surface area contributed by atoms with E-state index in [1.54, 1.807) is 18.2 Å². The molecule has 154 valence electrons. The molecule has 6 nitrogen and oxygen atoms in total. The molecule has 29 heavy (non-hydrogen) atoms. The number of carboxylic acids is 1. The van der Waals surface area contributed by atoms with Crippen LogP contribution in [0.4, 0.5) is 0 Å². The maximum Gasteiger partial charge on any atom is 0.326 e. The summed E-state index contributed by atoms with van der Waals surface area (Å²) in [6, 6.07) is 11.7. The van der Waals surface area contributed by atoms with Crippen LogP contribution >= 0.6 is 15.9 Å². The van der Waals surface area contributed by atoms with Gasteiger partial charge >= 0.3 is 5.97 Å². The number of carbonyl (C=O) groups is 2. The van der Waals surface area contributed by atoms with Gasteiger partial charge in [-0.25, -0.2) is 4.79 Å². The monoisotopic (exact) mass is 461 g/mol. The molecule has 2 aromatic carbocycles. The van der Waals surface area contributed by atoms with Crippen molar-refractivity contribution in [2.45, 2.75) is 26.3 Å². The molecule has 0 spiro atoms. The van der Waals surface area contributed by atoms with E-state index in [1.165, 1.54) is 6.08 Å². The minimum Gasteiger partial charge on any atom is -0.490 e. The van der Waals surface area contributed by atoms with Crippen LogP contribution in [0.15, 0.2) is 53.0 Å². The number of hydrogen-bond donors (Lipinski definition) is 2. The summed E-state index contributed by atoms with van der Waals surface area (Å²) in [5.41, 5.74) is 1.55. The van der Waals surface area contributed by atoms with Gasteiger partial charge in [0.05, 0.1) is 17.7 Å². The first kappa shape index (κ1) is 22.5. The summed E-state index contributed by atoms with van der Waals surface area (Å²) in [6.07, 6.45) is 3.11. The van der Waals surface area contributed by atoms with E-state index in [0.717, 1.165) is 5.56 Å². The van der Waals surface area contributed by atoms with Crippen LogP contribution in [0.3, 0.4) is 0 Å². The van der Waals surface area contributed by atoms with E-state index in [-0.39, 0.29) is 6.42 Å². The van der Waals surface area contributed by atoms with Crippen molar-refractivity contribution in [2.24, 2.45) is 0 Å². The number of halogens is 1. The van der Waals surface area contributed by atoms with Crippen molar-refractivity contribution < 1.29 is 24.2 Å². The summed E-state index contributed by atoms with van der Waals surface area (Å²) in [5, 5.41) is 11.9. The number of benzene rings is 2. The molecule has 0 aliphatic heterocycles. The molecule has 0 saturated carbocycles. The zero-order chi connectivity index (χ0) is 21.2. The average molecular weight is 462 g/mol. The van der Waals surface area contributed by atoms with Crippen molar-refractivity contribution in [3.05, 3.63) is 64.1 Å². The van der Waals surface area contributed by atoms with Gasteiger partial charge in [-0.2, -0.15) is 0 Å². The Hall–Kier alpha value is -2.80. The van der Waals surface area contributed by atoms with Crippen molar-refractivity contribution in [2.75, 3.05) is 13.2 Å². The Balaban J connectivity index is 2.11. The quantitative estimate of drug-likeness (QED) is 0.520. The molecule has 1 atom stereocenters. The molecule has 2 rings (SSSR count). The molecule has 0 aromatic heterocycles. The number of aliphatic carboxylic acids is 1. The molecule has 0 saturated heterocycles. The predicted octanol–water partition coefficient (Wildman–Crippen LogP) is 4.07. The lowest BCUT2D eigenvalue weighted by Crippen LogP contribution is -2.41. The van der Waals surface area contributed by atoms with Gasteiger partial charge in [-0.1, -0.05) is 30.3 Å². The van der Waals surface area contributed by atoms with Crippen LogP contribution in [-0.4, -0.2) is 36.2 Å². The Labute approximate surface area is 178 Å². The van der Waals surface area contributed by atoms with E-state index in [4.69, 9.17) is 9.47 Å². The van der Waals surface area contributed by atoms with Gasteiger partial charge in [0.2, 0.25) is 5.91 Å². The lowest BCUT2D eigenvalue weighted by molar-refractivity contribution is -0.141. The molecule has 0 radical (unpaired) electrons. The third-order valence-corrected chi connectivity index (χ3v) is 4.53. The summed E-state index contributed by atoms with van der Waals surface area (Å²) in [7, 11) is 0. The number of carboxylic acid groups (broad SMARTS) is 1. The lowest BCUT2D eigenvalue weighted by atomic mass is 10.1. The summed E-state index contributed by atoms with van der Waals surface area (Å²) >= 11 is 3.46. The van der Waals surface area contributed by atoms with E-state index in [0.29, 0.717) is 34.7 Å². The standard InChI is InChI=1S/C22H24BrNO5/c1-3-28-19-14-16(12-17(23)21(19)29-4-2)10-11-20(25)24-18(22(26)27)13-15-8-6-5-7-9-15/h5-12,14,18H,3-4,13H2,1-2H3,(H,24,25)(H,26,27)/b11-10+/t18-/m1/s1. The topological polar surface area (TPSA) is 84.9 Å². The molecule has 0 aliphatic rings. The van der Waals surface area contributed by atoms with Crippen LogP contribution in [0.1, 0.15) is 25.0 Å². The first-order valence-electron chi connectivity index (χ1n) is 9.29. The fraction of sp³-hybridized carbons (Fsp3) is 0.273. The summed E-state index contributed by atoms with van der Waals surface area (Å²) in [6.45, 7) is 4.72. The van der Waals surface area contributed by atoms with Crippen molar-refractivity contribution in [1.82, 2.24) is 5.32 Å². The fourth-order valence-electron chi connectivity index (χ4n) is 2.67. The van der Waals surface area contributed by atoms with Gasteiger partial charge in [0, 0.05) is 12.5 Å². The first-order valence-corrected chi connectivity index (χ1v) is 10.1. The highest BCUT2D eigenvalue weighted by molar-refractivity contribution is 9.10. The van der Waals surface area contributed by atoms with Crippen LogP contribution in [-0.2, 0) is 16.0 Å². The average Bonchev–Trinajstić information content (AvgIpc) is 2.69. The van der Waals surface area contributed by atoms with Crippen LogP contribution in [0, 0.1) is 0 Å². The fourth-order valence-corrected chi connectivity index (χ4v) is 3.25. The Kier molecular flexibility index (Phi) is 8.73. The zero-order valence-electron chi connectivity index (χ0n) is 16.4. The van der Waals surface area contributed by atoms with E-state index in [1.807, 2.05) is 44.2 Å². The molecule has 0 bridgehead atoms. The van der Waals surface area contributed by atoms with Gasteiger partial charge in [-0.3, -0.25) is 4.79 Å². The van der Waals surface area contributed by atoms with E-state index >= 15 is 0 Å². The highest BCUT2D eigenvalue weighted by Crippen LogP contribution is 2.37. The normalized spacial score (nSPS) is 11.8. The van der Waals surface area contributed by atoms with Crippen molar-refractivity contribution in [3.8, 4) is 11.5 Å². The Morgan fingerprint density at radius 2 is 1.83 bits per heavy atom. The highest BCUT2D eigenvalue weighted by atomic mass is 79.9. The van der Waals surface area contributed by atoms with E-state index in [2.05, 4.69) is 21.2 Å². The van der Waals surface area contributed by atoms with Crippen LogP contribution in [0.2, 0.25) is 0 Å². The third-order valence-electron chi connectivity index (χ3n) is 3.94. The number of amides is 1. The van der Waals surface area contributed by atoms with Gasteiger partial charge in [0.15, 0.2) is 11.5 Å². The molecular formula is C22H24BrNO5. The first-order chi connectivity index (χ1) is 13.9. The van der Waals surface area contributed by atoms with Crippen molar-refractivity contribution in [1.29, 1.82) is 0 Å². The summed E-state index contributed by atoms with van der Waals surface area (Å²) in [4.78, 5) is 23.8. The predicted molar refractivity (Wildman–Crippen MR) is 115 cm³/mol. The van der Waals surface area contributed by atoms with Crippen LogP contribution in [0.25, 0.3) is 6.08 Å². The maximum absolute atomic E-state index is 12.3. The number of carbonyl (C=O) groups excluding carboxylic acids is 1. The van der Waals surface area contributed by atoms with Gasteiger partial charge in [-0.05, 0) is 59.1 Å². The number of rotatable bonds is 10. The molecule has 0 heterocycles. The Morgan fingerprint density at radius 3 is 2.45 bits per heavy atom. The third kappa shape index (κ3) is 6.94. The second-order valence-corrected chi connectivity index (χ2v) is 6.97. The lowest BCUT2D eigenvalue weighted by Gasteiger charge is -2.14. The number of nitrogens with one attached hydrogen (secondary N) is 1. The van der Waals surface area contributed by atoms with Gasteiger partial charge in [0.1, 0.15) is 6.04 Å². The molecule has 0 aliphatic carbocycles. The highest BCUT2D eigenvalue weighted by Gasteiger charge is 2.19. The second-order valence-electron chi connectivity index (χ2n) is 6.12. The number of ether oxygens (including phenoxy) is 2. The Bertz CT molecular complexity index is 867.